The summed E-state index contributed by atoms with van der Waals surface area (Å²) in [5.41, 5.74) is 10.8. The number of amidine groups is 1. The molecule has 3 aliphatic rings. The highest BCUT2D eigenvalue weighted by molar-refractivity contribution is 5.93. The van der Waals surface area contributed by atoms with Gasteiger partial charge in [0.2, 0.25) is 12.0 Å². The molecule has 8 heteroatoms. The molecule has 6 rings (SSSR count). The Morgan fingerprint density at radius 2 is 2.00 bits per heavy atom. The van der Waals surface area contributed by atoms with Crippen molar-refractivity contribution in [3.8, 4) is 5.75 Å². The Bertz CT molecular complexity index is 1180. The molecule has 0 spiro atoms. The maximum atomic E-state index is 6.26. The summed E-state index contributed by atoms with van der Waals surface area (Å²) in [4.78, 5) is 4.92. The molecule has 31 heavy (non-hydrogen) atoms. The van der Waals surface area contributed by atoms with Crippen molar-refractivity contribution in [2.75, 3.05) is 18.2 Å². The molecule has 1 aromatic heterocycles. The van der Waals surface area contributed by atoms with Crippen molar-refractivity contribution >= 4 is 17.4 Å². The van der Waals surface area contributed by atoms with Crippen LogP contribution < -0.4 is 15.8 Å². The first-order valence-electron chi connectivity index (χ1n) is 10.6. The van der Waals surface area contributed by atoms with E-state index in [0.29, 0.717) is 29.4 Å². The number of nitrogens with zero attached hydrogens (tertiary/aromatic N) is 3. The van der Waals surface area contributed by atoms with Gasteiger partial charge in [0.15, 0.2) is 0 Å². The average Bonchev–Trinajstić information content (AvgIpc) is 3.38. The fourth-order valence-electron chi connectivity index (χ4n) is 4.40. The molecule has 2 unspecified atom stereocenters. The number of aryl methyl sites for hydroxylation is 1. The van der Waals surface area contributed by atoms with Gasteiger partial charge in [0, 0.05) is 28.4 Å². The van der Waals surface area contributed by atoms with E-state index in [-0.39, 0.29) is 6.04 Å². The molecule has 158 valence electrons. The number of fused-ring (bicyclic) bond motifs is 2. The van der Waals surface area contributed by atoms with Crippen LogP contribution in [-0.4, -0.2) is 23.3 Å². The van der Waals surface area contributed by atoms with Gasteiger partial charge in [-0.05, 0) is 55.5 Å². The van der Waals surface area contributed by atoms with Crippen LogP contribution in [0, 0.1) is 0 Å². The van der Waals surface area contributed by atoms with Crippen molar-refractivity contribution in [1.82, 2.24) is 10.2 Å². The first kappa shape index (κ1) is 18.2. The van der Waals surface area contributed by atoms with Gasteiger partial charge in [-0.15, -0.1) is 10.2 Å². The minimum Gasteiger partial charge on any atom is -0.496 e. The third kappa shape index (κ3) is 3.19. The summed E-state index contributed by atoms with van der Waals surface area (Å²) in [7, 11) is 1.69. The lowest BCUT2D eigenvalue weighted by Crippen LogP contribution is -2.27. The first-order valence-corrected chi connectivity index (χ1v) is 10.6. The number of anilines is 2. The molecule has 0 saturated heterocycles. The number of hydrogen-bond donors (Lipinski definition) is 2. The third-order valence-electron chi connectivity index (χ3n) is 6.11. The monoisotopic (exact) mass is 417 g/mol. The van der Waals surface area contributed by atoms with Crippen LogP contribution in [0.2, 0.25) is 0 Å². The molecule has 2 atom stereocenters. The average molecular weight is 417 g/mol. The van der Waals surface area contributed by atoms with Crippen molar-refractivity contribution in [3.05, 3.63) is 64.9 Å². The van der Waals surface area contributed by atoms with Crippen LogP contribution in [0.4, 0.5) is 11.4 Å². The number of aromatic nitrogens is 2. The number of nitrogens with one attached hydrogen (secondary N) is 1. The minimum absolute atomic E-state index is 0.0469. The van der Waals surface area contributed by atoms with Gasteiger partial charge >= 0.3 is 0 Å². The molecule has 2 aromatic carbocycles. The standard InChI is InChI=1S/C23H23N5O3/c1-29-18-4-2-3-12-7-9-17(19(12)18)26-23-25-16-10-8-14(24)11-15(16)20(30-23)22-28-27-21(31-22)13-5-6-13/h2-4,8,10-11,13,17,20H,5-7,9,24H2,1H3,(H,25,26). The van der Waals surface area contributed by atoms with E-state index in [0.717, 1.165) is 48.2 Å². The van der Waals surface area contributed by atoms with Crippen molar-refractivity contribution in [2.45, 2.75) is 43.7 Å². The first-order chi connectivity index (χ1) is 15.2. The van der Waals surface area contributed by atoms with Crippen molar-refractivity contribution in [3.63, 3.8) is 0 Å². The van der Waals surface area contributed by atoms with Gasteiger partial charge in [-0.3, -0.25) is 0 Å². The summed E-state index contributed by atoms with van der Waals surface area (Å²) in [5, 5.41) is 11.8. The molecule has 8 nitrogen and oxygen atoms in total. The van der Waals surface area contributed by atoms with E-state index in [2.05, 4.69) is 21.6 Å². The summed E-state index contributed by atoms with van der Waals surface area (Å²) in [5.74, 6) is 2.33. The van der Waals surface area contributed by atoms with Crippen LogP contribution >= 0.6 is 0 Å². The van der Waals surface area contributed by atoms with Gasteiger partial charge in [0.25, 0.3) is 11.9 Å². The predicted molar refractivity (Wildman–Crippen MR) is 115 cm³/mol. The highest BCUT2D eigenvalue weighted by Crippen LogP contribution is 2.43. The lowest BCUT2D eigenvalue weighted by molar-refractivity contribution is 0.186. The number of nitrogens with two attached hydrogens (primary N) is 1. The van der Waals surface area contributed by atoms with Gasteiger partial charge in [-0.25, -0.2) is 4.99 Å². The van der Waals surface area contributed by atoms with E-state index in [9.17, 15) is 0 Å². The molecular formula is C23H23N5O3. The predicted octanol–water partition coefficient (Wildman–Crippen LogP) is 4.11. The summed E-state index contributed by atoms with van der Waals surface area (Å²) in [6.07, 6.45) is 3.48. The van der Waals surface area contributed by atoms with E-state index < -0.39 is 6.10 Å². The zero-order valence-electron chi connectivity index (χ0n) is 17.2. The van der Waals surface area contributed by atoms with Gasteiger partial charge in [-0.2, -0.15) is 0 Å². The van der Waals surface area contributed by atoms with Gasteiger partial charge < -0.3 is 24.9 Å². The van der Waals surface area contributed by atoms with E-state index in [1.807, 2.05) is 30.3 Å². The molecule has 1 aliphatic heterocycles. The summed E-state index contributed by atoms with van der Waals surface area (Å²) >= 11 is 0. The molecule has 2 aliphatic carbocycles. The third-order valence-corrected chi connectivity index (χ3v) is 6.11. The van der Waals surface area contributed by atoms with Crippen LogP contribution in [0.3, 0.4) is 0 Å². The Balaban J connectivity index is 1.38. The second-order valence-electron chi connectivity index (χ2n) is 8.24. The quantitative estimate of drug-likeness (QED) is 0.615. The smallest absolute Gasteiger partial charge is 0.290 e. The maximum absolute atomic E-state index is 6.26. The fraction of sp³-hybridized carbons (Fsp3) is 0.348. The lowest BCUT2D eigenvalue weighted by atomic mass is 10.0. The Morgan fingerprint density at radius 1 is 1.13 bits per heavy atom. The molecule has 0 amide bonds. The number of hydrogen-bond acceptors (Lipinski definition) is 7. The summed E-state index contributed by atoms with van der Waals surface area (Å²) in [6, 6.07) is 12.2. The Kier molecular flexibility index (Phi) is 4.12. The molecule has 0 bridgehead atoms. The van der Waals surface area contributed by atoms with Crippen LogP contribution in [0.1, 0.15) is 65.8 Å². The highest BCUT2D eigenvalue weighted by Gasteiger charge is 2.36. The van der Waals surface area contributed by atoms with Crippen molar-refractivity contribution < 1.29 is 13.9 Å². The SMILES string of the molecule is COc1cccc2c1C(N=C1Nc3ccc(N)cc3C(c3nnc(C4CC4)o3)O1)CC2. The number of methoxy groups -OCH3 is 1. The normalized spacial score (nSPS) is 23.1. The van der Waals surface area contributed by atoms with Gasteiger partial charge in [0.1, 0.15) is 5.75 Å². The largest absolute Gasteiger partial charge is 0.496 e. The van der Waals surface area contributed by atoms with Crippen LogP contribution in [0.25, 0.3) is 0 Å². The van der Waals surface area contributed by atoms with Crippen LogP contribution in [0.15, 0.2) is 45.8 Å². The second-order valence-corrected chi connectivity index (χ2v) is 8.24. The zero-order chi connectivity index (χ0) is 20.9. The maximum Gasteiger partial charge on any atom is 0.290 e. The van der Waals surface area contributed by atoms with Gasteiger partial charge in [0.05, 0.1) is 13.2 Å². The van der Waals surface area contributed by atoms with Gasteiger partial charge in [-0.1, -0.05) is 12.1 Å². The van der Waals surface area contributed by atoms with Crippen molar-refractivity contribution in [2.24, 2.45) is 4.99 Å². The number of aliphatic imine (C=N–C) groups is 1. The topological polar surface area (TPSA) is 108 Å². The Labute approximate surface area is 179 Å². The zero-order valence-corrected chi connectivity index (χ0v) is 17.2. The summed E-state index contributed by atoms with van der Waals surface area (Å²) < 4.78 is 17.8. The fourth-order valence-corrected chi connectivity index (χ4v) is 4.40. The lowest BCUT2D eigenvalue weighted by Gasteiger charge is -2.27. The summed E-state index contributed by atoms with van der Waals surface area (Å²) in [6.45, 7) is 0. The molecule has 3 aromatic rings. The van der Waals surface area contributed by atoms with E-state index in [1.165, 1.54) is 5.56 Å². The van der Waals surface area contributed by atoms with E-state index in [1.54, 1.807) is 7.11 Å². The van der Waals surface area contributed by atoms with E-state index in [4.69, 9.17) is 24.6 Å². The Morgan fingerprint density at radius 3 is 2.84 bits per heavy atom. The Hall–Kier alpha value is -3.55. The second kappa shape index (κ2) is 7.01. The molecule has 1 saturated carbocycles. The highest BCUT2D eigenvalue weighted by atomic mass is 16.5. The number of nitrogen functional groups attached to an aromatic ring is 1. The molecule has 0 radical (unpaired) electrons. The van der Waals surface area contributed by atoms with E-state index >= 15 is 0 Å². The van der Waals surface area contributed by atoms with Crippen LogP contribution in [0.5, 0.6) is 5.75 Å². The van der Waals surface area contributed by atoms with Crippen LogP contribution in [-0.2, 0) is 11.2 Å². The van der Waals surface area contributed by atoms with Crippen molar-refractivity contribution in [1.29, 1.82) is 0 Å². The molecule has 3 N–H and O–H groups in total. The number of ether oxygens (including phenoxy) is 2. The minimum atomic E-state index is -0.558. The molecular weight excluding hydrogens is 394 g/mol. The molecule has 1 fully saturated rings. The number of rotatable bonds is 4. The molecule has 2 heterocycles. The number of benzene rings is 2.